The Balaban J connectivity index is 1.51. The second-order valence-corrected chi connectivity index (χ2v) is 7.75. The van der Waals surface area contributed by atoms with Crippen LogP contribution in [-0.2, 0) is 12.8 Å². The third kappa shape index (κ3) is 3.75. The molecule has 158 valence electrons. The maximum atomic E-state index is 13.9. The van der Waals surface area contributed by atoms with E-state index in [1.54, 1.807) is 12.3 Å². The van der Waals surface area contributed by atoms with E-state index in [4.69, 9.17) is 0 Å². The molecule has 1 aliphatic carbocycles. The van der Waals surface area contributed by atoms with Crippen molar-refractivity contribution in [1.82, 2.24) is 9.97 Å². The van der Waals surface area contributed by atoms with Crippen LogP contribution in [0.25, 0.3) is 22.4 Å². The first-order valence-electron chi connectivity index (χ1n) is 10.4. The Kier molecular flexibility index (Phi) is 5.19. The second-order valence-electron chi connectivity index (χ2n) is 7.75. The highest BCUT2D eigenvalue weighted by Crippen LogP contribution is 2.34. The highest BCUT2D eigenvalue weighted by Gasteiger charge is 2.20. The third-order valence-corrected chi connectivity index (χ3v) is 5.68. The van der Waals surface area contributed by atoms with E-state index in [1.807, 2.05) is 18.3 Å². The fraction of sp³-hybridized carbons (Fsp3) is 0.115. The molecule has 0 unspecified atom stereocenters. The molecule has 5 rings (SSSR count). The van der Waals surface area contributed by atoms with Gasteiger partial charge in [-0.3, -0.25) is 14.8 Å². The number of pyridine rings is 2. The van der Waals surface area contributed by atoms with Crippen molar-refractivity contribution in [3.05, 3.63) is 102 Å². The van der Waals surface area contributed by atoms with E-state index in [1.165, 1.54) is 17.8 Å². The number of carbonyl (C=O) groups excluding carboxylic acids is 1. The summed E-state index contributed by atoms with van der Waals surface area (Å²) in [5.74, 6) is -2.24. The second kappa shape index (κ2) is 8.30. The largest absolute Gasteiger partial charge is 0.317 e. The molecule has 1 amide bonds. The van der Waals surface area contributed by atoms with Gasteiger partial charge < -0.3 is 5.32 Å². The molecule has 2 heterocycles. The van der Waals surface area contributed by atoms with Crippen LogP contribution in [0.5, 0.6) is 0 Å². The number of aryl methyl sites for hydroxylation is 2. The molecule has 0 radical (unpaired) electrons. The van der Waals surface area contributed by atoms with Gasteiger partial charge in [-0.05, 0) is 66.3 Å². The topological polar surface area (TPSA) is 54.9 Å². The monoisotopic (exact) mass is 427 g/mol. The molecule has 0 atom stereocenters. The highest BCUT2D eigenvalue weighted by molar-refractivity contribution is 6.04. The van der Waals surface area contributed by atoms with Crippen LogP contribution in [0.3, 0.4) is 0 Å². The van der Waals surface area contributed by atoms with Crippen molar-refractivity contribution in [3.63, 3.8) is 0 Å². The summed E-state index contributed by atoms with van der Waals surface area (Å²) in [6, 6.07) is 15.4. The van der Waals surface area contributed by atoms with E-state index in [-0.39, 0.29) is 5.56 Å². The van der Waals surface area contributed by atoms with Gasteiger partial charge in [0.25, 0.3) is 5.91 Å². The van der Waals surface area contributed by atoms with Crippen molar-refractivity contribution < 1.29 is 13.6 Å². The first-order valence-corrected chi connectivity index (χ1v) is 10.4. The number of fused-ring (bicyclic) bond motifs is 3. The van der Waals surface area contributed by atoms with Gasteiger partial charge in [0.1, 0.15) is 17.3 Å². The van der Waals surface area contributed by atoms with Crippen LogP contribution in [-0.4, -0.2) is 15.9 Å². The number of hydrogen-bond acceptors (Lipinski definition) is 3. The molecular formula is C26H19F2N3O. The van der Waals surface area contributed by atoms with E-state index in [0.29, 0.717) is 0 Å². The van der Waals surface area contributed by atoms with Gasteiger partial charge in [0, 0.05) is 29.7 Å². The fourth-order valence-corrected chi connectivity index (χ4v) is 4.07. The van der Waals surface area contributed by atoms with Crippen LogP contribution in [0, 0.1) is 11.6 Å². The molecule has 0 saturated carbocycles. The number of halogens is 2. The maximum absolute atomic E-state index is 13.9. The smallest absolute Gasteiger partial charge is 0.257 e. The number of amides is 1. The average molecular weight is 427 g/mol. The zero-order valence-electron chi connectivity index (χ0n) is 17.1. The van der Waals surface area contributed by atoms with Gasteiger partial charge in [0.15, 0.2) is 0 Å². The molecule has 2 aromatic carbocycles. The van der Waals surface area contributed by atoms with Gasteiger partial charge >= 0.3 is 0 Å². The molecule has 0 bridgehead atoms. The predicted molar refractivity (Wildman–Crippen MR) is 119 cm³/mol. The Morgan fingerprint density at radius 1 is 0.875 bits per heavy atom. The van der Waals surface area contributed by atoms with Gasteiger partial charge in [0.2, 0.25) is 0 Å². The van der Waals surface area contributed by atoms with E-state index < -0.39 is 23.2 Å². The number of anilines is 1. The molecule has 0 fully saturated rings. The minimum Gasteiger partial charge on any atom is -0.317 e. The molecular weight excluding hydrogens is 408 g/mol. The van der Waals surface area contributed by atoms with Gasteiger partial charge in [-0.15, -0.1) is 0 Å². The van der Waals surface area contributed by atoms with Crippen molar-refractivity contribution >= 4 is 11.6 Å². The molecule has 32 heavy (non-hydrogen) atoms. The number of benzene rings is 2. The van der Waals surface area contributed by atoms with Crippen LogP contribution in [0.1, 0.15) is 27.9 Å². The lowest BCUT2D eigenvalue weighted by molar-refractivity contribution is 0.102. The molecule has 4 nitrogen and oxygen atoms in total. The van der Waals surface area contributed by atoms with Crippen molar-refractivity contribution in [2.24, 2.45) is 0 Å². The van der Waals surface area contributed by atoms with Crippen molar-refractivity contribution in [2.45, 2.75) is 19.3 Å². The number of nitrogens with one attached hydrogen (secondary N) is 1. The van der Waals surface area contributed by atoms with Crippen molar-refractivity contribution in [3.8, 4) is 22.4 Å². The summed E-state index contributed by atoms with van der Waals surface area (Å²) in [7, 11) is 0. The normalized spacial score (nSPS) is 12.4. The standard InChI is InChI=1S/C26H19F2N3O/c27-22-7-2-8-23(28)25(22)31-26(32)20-12-18-5-1-4-16-9-10-17(19-6-3-11-29-14-19)13-21(16)24(18)30-15-20/h2-3,6-15H,1,4-5H2,(H,31,32). The molecule has 1 N–H and O–H groups in total. The Hall–Kier alpha value is -3.93. The molecule has 1 aliphatic rings. The number of nitrogens with zero attached hydrogens (tertiary/aromatic N) is 2. The fourth-order valence-electron chi connectivity index (χ4n) is 4.07. The zero-order valence-corrected chi connectivity index (χ0v) is 17.1. The summed E-state index contributed by atoms with van der Waals surface area (Å²) in [6.45, 7) is 0. The Morgan fingerprint density at radius 2 is 1.69 bits per heavy atom. The van der Waals surface area contributed by atoms with E-state index in [2.05, 4.69) is 33.5 Å². The maximum Gasteiger partial charge on any atom is 0.257 e. The highest BCUT2D eigenvalue weighted by atomic mass is 19.1. The van der Waals surface area contributed by atoms with Crippen LogP contribution in [0.15, 0.2) is 73.2 Å². The molecule has 4 aromatic rings. The van der Waals surface area contributed by atoms with Gasteiger partial charge in [-0.1, -0.05) is 24.3 Å². The first-order chi connectivity index (χ1) is 15.6. The summed E-state index contributed by atoms with van der Waals surface area (Å²) in [4.78, 5) is 21.5. The van der Waals surface area contributed by atoms with Crippen LogP contribution in [0.2, 0.25) is 0 Å². The van der Waals surface area contributed by atoms with Crippen LogP contribution < -0.4 is 5.32 Å². The minimum atomic E-state index is -0.821. The van der Waals surface area contributed by atoms with E-state index in [0.717, 1.165) is 59.3 Å². The first kappa shape index (κ1) is 20.0. The Morgan fingerprint density at radius 3 is 2.47 bits per heavy atom. The summed E-state index contributed by atoms with van der Waals surface area (Å²) in [5, 5.41) is 2.33. The van der Waals surface area contributed by atoms with E-state index >= 15 is 0 Å². The number of carbonyl (C=O) groups is 1. The average Bonchev–Trinajstić information content (AvgIpc) is 3.00. The number of aromatic nitrogens is 2. The van der Waals surface area contributed by atoms with Crippen LogP contribution in [0.4, 0.5) is 14.5 Å². The molecule has 0 spiro atoms. The molecule has 0 saturated heterocycles. The third-order valence-electron chi connectivity index (χ3n) is 5.68. The molecule has 2 aromatic heterocycles. The Labute approximate surface area is 184 Å². The lowest BCUT2D eigenvalue weighted by Crippen LogP contribution is -2.15. The Bertz CT molecular complexity index is 1300. The van der Waals surface area contributed by atoms with Gasteiger partial charge in [-0.2, -0.15) is 0 Å². The number of rotatable bonds is 3. The van der Waals surface area contributed by atoms with Crippen molar-refractivity contribution in [1.29, 1.82) is 0 Å². The van der Waals surface area contributed by atoms with E-state index in [9.17, 15) is 13.6 Å². The number of hydrogen-bond donors (Lipinski definition) is 1. The summed E-state index contributed by atoms with van der Waals surface area (Å²) in [6.07, 6.45) is 7.60. The van der Waals surface area contributed by atoms with Crippen LogP contribution >= 0.6 is 0 Å². The zero-order chi connectivity index (χ0) is 22.1. The lowest BCUT2D eigenvalue weighted by atomic mass is 9.96. The molecule has 6 heteroatoms. The minimum absolute atomic E-state index is 0.262. The summed E-state index contributed by atoms with van der Waals surface area (Å²) in [5.41, 5.74) is 5.87. The van der Waals surface area contributed by atoms with Gasteiger partial charge in [-0.25, -0.2) is 8.78 Å². The summed E-state index contributed by atoms with van der Waals surface area (Å²) >= 11 is 0. The molecule has 0 aliphatic heterocycles. The lowest BCUT2D eigenvalue weighted by Gasteiger charge is -2.13. The quantitative estimate of drug-likeness (QED) is 0.448. The van der Waals surface area contributed by atoms with Crippen molar-refractivity contribution in [2.75, 3.05) is 5.32 Å². The predicted octanol–water partition coefficient (Wildman–Crippen LogP) is 5.83. The van der Waals surface area contributed by atoms with Gasteiger partial charge in [0.05, 0.1) is 11.3 Å². The summed E-state index contributed by atoms with van der Waals surface area (Å²) < 4.78 is 27.8. The SMILES string of the molecule is O=C(Nc1c(F)cccc1F)c1cnc2c(c1)CCCc1ccc(-c3cccnc3)cc1-2. The number of para-hydroxylation sites is 1.